The summed E-state index contributed by atoms with van der Waals surface area (Å²) in [4.78, 5) is 29.1. The quantitative estimate of drug-likeness (QED) is 0.139. The van der Waals surface area contributed by atoms with E-state index in [1.807, 2.05) is 73.7 Å². The van der Waals surface area contributed by atoms with Crippen molar-refractivity contribution in [2.45, 2.75) is 58.4 Å². The number of phenolic OH excluding ortho intramolecular Hbond substituents is 1. The van der Waals surface area contributed by atoms with Crippen molar-refractivity contribution in [1.29, 1.82) is 0 Å². The highest BCUT2D eigenvalue weighted by Crippen LogP contribution is 2.51. The first-order valence-electron chi connectivity index (χ1n) is 15.6. The first kappa shape index (κ1) is 29.9. The maximum absolute atomic E-state index is 14.0. The van der Waals surface area contributed by atoms with Gasteiger partial charge in [0.1, 0.15) is 5.75 Å². The van der Waals surface area contributed by atoms with Crippen LogP contribution in [0.3, 0.4) is 0 Å². The fourth-order valence-corrected chi connectivity index (χ4v) is 7.31. The molecule has 8 heteroatoms. The number of aromatic hydroxyl groups is 1. The number of fused-ring (bicyclic) bond motifs is 3. The van der Waals surface area contributed by atoms with Gasteiger partial charge in [0.05, 0.1) is 23.6 Å². The van der Waals surface area contributed by atoms with Crippen molar-refractivity contribution < 1.29 is 24.4 Å². The van der Waals surface area contributed by atoms with E-state index in [1.54, 1.807) is 12.1 Å². The standard InChI is InChI=1S/C36H39BN2O5/c1-3-8-24(20-25-9-7-12-29(40)21-25)13-18-32-33-23(2)19-30-34(31(33)22-37(43)44-32)36(42)39(35(30)41)28-16-14-27(15-17-28)38-26-10-5-4-6-11-26/h4-7,9-12,14-17,20-21,30-32,34,38,40,43H,3,8,13,18-19,22H2,1-2H3/b24-20+/t30-,31+,32-,34-/m1/s1. The van der Waals surface area contributed by atoms with Crippen molar-refractivity contribution in [3.8, 4) is 5.75 Å². The Morgan fingerprint density at radius 2 is 1.73 bits per heavy atom. The highest BCUT2D eigenvalue weighted by atomic mass is 16.5. The highest BCUT2D eigenvalue weighted by molar-refractivity contribution is 6.43. The Morgan fingerprint density at radius 3 is 2.45 bits per heavy atom. The summed E-state index contributed by atoms with van der Waals surface area (Å²) in [5.41, 5.74) is 6.75. The lowest BCUT2D eigenvalue weighted by atomic mass is 9.58. The highest BCUT2D eigenvalue weighted by Gasteiger charge is 2.57. The molecule has 3 N–H and O–H groups in total. The second-order valence-electron chi connectivity index (χ2n) is 12.2. The number of nitrogens with zero attached hydrogens (tertiary/aromatic N) is 1. The van der Waals surface area contributed by atoms with Crippen LogP contribution in [-0.4, -0.2) is 35.2 Å². The number of carbonyl (C=O) groups excluding carboxylic acids is 2. The van der Waals surface area contributed by atoms with Crippen LogP contribution in [0, 0.1) is 17.8 Å². The zero-order valence-electron chi connectivity index (χ0n) is 25.3. The van der Waals surface area contributed by atoms with Crippen molar-refractivity contribution in [2.24, 2.45) is 17.8 Å². The van der Waals surface area contributed by atoms with E-state index in [2.05, 4.69) is 18.3 Å². The molecule has 2 heterocycles. The molecule has 3 aromatic rings. The van der Waals surface area contributed by atoms with Crippen molar-refractivity contribution in [1.82, 2.24) is 0 Å². The zero-order valence-corrected chi connectivity index (χ0v) is 25.3. The van der Waals surface area contributed by atoms with Crippen LogP contribution in [0.2, 0.25) is 6.32 Å². The smallest absolute Gasteiger partial charge is 0.455 e. The second kappa shape index (κ2) is 12.8. The van der Waals surface area contributed by atoms with Gasteiger partial charge in [-0.25, -0.2) is 0 Å². The van der Waals surface area contributed by atoms with Crippen LogP contribution >= 0.6 is 0 Å². The molecule has 0 saturated carbocycles. The number of amides is 2. The van der Waals surface area contributed by atoms with Gasteiger partial charge in [0.25, 0.3) is 0 Å². The lowest BCUT2D eigenvalue weighted by Gasteiger charge is -2.42. The SMILES string of the molecule is CCC/C(=C\c1cccc(O)c1)CC[C@H]1OB(O)C[C@H]2C1=C(C)C[C@H]1C(=O)N(c3ccc(Nc4ccccc4)cc3)C(=O)[C@H]12. The molecule has 226 valence electrons. The first-order valence-corrected chi connectivity index (χ1v) is 15.6. The number of allylic oxidation sites excluding steroid dienone is 2. The molecule has 44 heavy (non-hydrogen) atoms. The molecule has 0 radical (unpaired) electrons. The van der Waals surface area contributed by atoms with Gasteiger partial charge in [0.2, 0.25) is 11.8 Å². The lowest BCUT2D eigenvalue weighted by molar-refractivity contribution is -0.122. The molecule has 6 rings (SSSR count). The van der Waals surface area contributed by atoms with E-state index in [0.717, 1.165) is 47.3 Å². The van der Waals surface area contributed by atoms with Gasteiger partial charge >= 0.3 is 7.12 Å². The van der Waals surface area contributed by atoms with Crippen LogP contribution in [0.25, 0.3) is 6.08 Å². The summed E-state index contributed by atoms with van der Waals surface area (Å²) >= 11 is 0. The first-order chi connectivity index (χ1) is 21.3. The topological polar surface area (TPSA) is 99.1 Å². The summed E-state index contributed by atoms with van der Waals surface area (Å²) in [6.45, 7) is 4.19. The molecule has 3 aromatic carbocycles. The molecule has 1 aliphatic carbocycles. The second-order valence-corrected chi connectivity index (χ2v) is 12.2. The molecule has 7 nitrogen and oxygen atoms in total. The van der Waals surface area contributed by atoms with Gasteiger partial charge in [0, 0.05) is 11.4 Å². The van der Waals surface area contributed by atoms with Gasteiger partial charge < -0.3 is 20.1 Å². The van der Waals surface area contributed by atoms with Gasteiger partial charge in [-0.1, -0.05) is 60.9 Å². The Morgan fingerprint density at radius 1 is 0.977 bits per heavy atom. The third-order valence-corrected chi connectivity index (χ3v) is 9.18. The third kappa shape index (κ3) is 6.10. The molecule has 2 aliphatic heterocycles. The van der Waals surface area contributed by atoms with E-state index in [-0.39, 0.29) is 29.6 Å². The number of phenols is 1. The van der Waals surface area contributed by atoms with Gasteiger partial charge in [-0.3, -0.25) is 14.5 Å². The summed E-state index contributed by atoms with van der Waals surface area (Å²) < 4.78 is 6.12. The summed E-state index contributed by atoms with van der Waals surface area (Å²) in [6, 6.07) is 24.4. The van der Waals surface area contributed by atoms with Crippen LogP contribution in [0.1, 0.15) is 51.5 Å². The number of carbonyl (C=O) groups is 2. The Kier molecular flexibility index (Phi) is 8.73. The van der Waals surface area contributed by atoms with Crippen molar-refractivity contribution in [2.75, 3.05) is 10.2 Å². The molecule has 2 amide bonds. The Labute approximate surface area is 259 Å². The van der Waals surface area contributed by atoms with Crippen molar-refractivity contribution in [3.05, 3.63) is 101 Å². The third-order valence-electron chi connectivity index (χ3n) is 9.18. The van der Waals surface area contributed by atoms with E-state index < -0.39 is 19.0 Å². The molecule has 2 saturated heterocycles. The maximum Gasteiger partial charge on any atom is 0.455 e. The molecule has 2 fully saturated rings. The molecule has 4 atom stereocenters. The molecule has 0 aromatic heterocycles. The number of para-hydroxylation sites is 1. The fraction of sp³-hybridized carbons (Fsp3) is 0.333. The molecule has 0 unspecified atom stereocenters. The number of imide groups is 1. The summed E-state index contributed by atoms with van der Waals surface area (Å²) in [6.07, 6.45) is 5.96. The van der Waals surface area contributed by atoms with Crippen LogP contribution in [0.5, 0.6) is 5.75 Å². The number of nitrogens with one attached hydrogen (secondary N) is 1. The minimum atomic E-state index is -0.995. The van der Waals surface area contributed by atoms with Gasteiger partial charge in [-0.05, 0) is 105 Å². The predicted octanol–water partition coefficient (Wildman–Crippen LogP) is 7.12. The Balaban J connectivity index is 1.20. The van der Waals surface area contributed by atoms with E-state index in [4.69, 9.17) is 4.65 Å². The van der Waals surface area contributed by atoms with E-state index >= 15 is 0 Å². The number of hydrogen-bond acceptors (Lipinski definition) is 6. The van der Waals surface area contributed by atoms with Crippen LogP contribution in [0.15, 0.2) is 95.6 Å². The van der Waals surface area contributed by atoms with Gasteiger partial charge in [-0.2, -0.15) is 0 Å². The minimum Gasteiger partial charge on any atom is -0.508 e. The molecular formula is C36H39BN2O5. The van der Waals surface area contributed by atoms with Gasteiger partial charge in [-0.15, -0.1) is 0 Å². The average molecular weight is 591 g/mol. The van der Waals surface area contributed by atoms with Crippen molar-refractivity contribution in [3.63, 3.8) is 0 Å². The number of rotatable bonds is 9. The summed E-state index contributed by atoms with van der Waals surface area (Å²) in [5, 5.41) is 24.1. The van der Waals surface area contributed by atoms with E-state index in [9.17, 15) is 19.7 Å². The van der Waals surface area contributed by atoms with Crippen molar-refractivity contribution >= 4 is 42.1 Å². The minimum absolute atomic E-state index is 0.168. The lowest BCUT2D eigenvalue weighted by Crippen LogP contribution is -2.46. The zero-order chi connectivity index (χ0) is 30.8. The van der Waals surface area contributed by atoms with Gasteiger partial charge in [0.15, 0.2) is 0 Å². The number of anilines is 3. The monoisotopic (exact) mass is 590 g/mol. The van der Waals surface area contributed by atoms with Crippen LogP contribution in [-0.2, 0) is 14.2 Å². The normalized spacial score (nSPS) is 23.6. The predicted molar refractivity (Wildman–Crippen MR) is 174 cm³/mol. The number of hydrogen-bond donors (Lipinski definition) is 3. The number of benzene rings is 3. The molecule has 0 bridgehead atoms. The Bertz CT molecular complexity index is 1590. The van der Waals surface area contributed by atoms with Crippen LogP contribution in [0.4, 0.5) is 17.1 Å². The molecule has 3 aliphatic rings. The summed E-state index contributed by atoms with van der Waals surface area (Å²) in [7, 11) is -0.995. The molecular weight excluding hydrogens is 551 g/mol. The maximum atomic E-state index is 14.0. The van der Waals surface area contributed by atoms with E-state index in [0.29, 0.717) is 24.8 Å². The summed E-state index contributed by atoms with van der Waals surface area (Å²) in [5.74, 6) is -1.32. The Hall–Kier alpha value is -4.14. The van der Waals surface area contributed by atoms with Crippen LogP contribution < -0.4 is 10.2 Å². The van der Waals surface area contributed by atoms with E-state index in [1.165, 1.54) is 10.5 Å². The average Bonchev–Trinajstić information content (AvgIpc) is 3.25. The largest absolute Gasteiger partial charge is 0.508 e. The molecule has 0 spiro atoms. The fourth-order valence-electron chi connectivity index (χ4n) is 7.31.